The third-order valence-corrected chi connectivity index (χ3v) is 4.97. The zero-order valence-corrected chi connectivity index (χ0v) is 17.6. The number of rotatable bonds is 9. The molecule has 0 amide bonds. The summed E-state index contributed by atoms with van der Waals surface area (Å²) in [5, 5.41) is 21.4. The van der Waals surface area contributed by atoms with Crippen LogP contribution in [-0.4, -0.2) is 38.7 Å². The van der Waals surface area contributed by atoms with Crippen LogP contribution in [0.3, 0.4) is 0 Å². The zero-order chi connectivity index (χ0) is 22.6. The second-order valence-electron chi connectivity index (χ2n) is 7.73. The predicted octanol–water partition coefficient (Wildman–Crippen LogP) is 4.05. The molecular formula is C19H26F3N9. The SMILES string of the molecule is CCNc1nc(Nc2cc(C(C)(C)N/N=C\C=N)nn2C2CCC2)ncc1C(F)(F)F. The van der Waals surface area contributed by atoms with Gasteiger partial charge in [-0.2, -0.15) is 28.4 Å². The number of anilines is 3. The molecule has 3 rings (SSSR count). The Morgan fingerprint density at radius 1 is 1.32 bits per heavy atom. The maximum Gasteiger partial charge on any atom is 0.421 e. The van der Waals surface area contributed by atoms with Gasteiger partial charge in [0.1, 0.15) is 17.2 Å². The number of alkyl halides is 3. The Balaban J connectivity index is 1.93. The highest BCUT2D eigenvalue weighted by Crippen LogP contribution is 2.37. The van der Waals surface area contributed by atoms with Gasteiger partial charge in [0.2, 0.25) is 5.95 Å². The molecule has 1 aliphatic rings. The number of halogens is 3. The molecule has 1 saturated carbocycles. The summed E-state index contributed by atoms with van der Waals surface area (Å²) in [6, 6.07) is 2.00. The second-order valence-corrected chi connectivity index (χ2v) is 7.73. The van der Waals surface area contributed by atoms with Crippen molar-refractivity contribution >= 4 is 30.0 Å². The average molecular weight is 437 g/mol. The van der Waals surface area contributed by atoms with Gasteiger partial charge in [-0.3, -0.25) is 5.43 Å². The standard InChI is InChI=1S/C19H26F3N9/c1-4-24-16-13(19(20,21)22)11-25-17(28-16)27-15-10-14(18(2,3)30-26-9-8-23)29-31(15)12-6-5-7-12/h8-12,23,30H,4-7H2,1-3H3,(H2,24,25,27,28)/b23-8?,26-9-. The Hall–Kier alpha value is -3.18. The van der Waals surface area contributed by atoms with Crippen LogP contribution >= 0.6 is 0 Å². The molecule has 31 heavy (non-hydrogen) atoms. The van der Waals surface area contributed by atoms with Crippen molar-refractivity contribution in [3.8, 4) is 0 Å². The third-order valence-electron chi connectivity index (χ3n) is 4.97. The van der Waals surface area contributed by atoms with Gasteiger partial charge >= 0.3 is 6.18 Å². The molecule has 2 aromatic rings. The van der Waals surface area contributed by atoms with E-state index in [1.54, 1.807) is 13.0 Å². The first-order chi connectivity index (χ1) is 14.7. The van der Waals surface area contributed by atoms with E-state index in [2.05, 4.69) is 31.1 Å². The summed E-state index contributed by atoms with van der Waals surface area (Å²) < 4.78 is 41.5. The van der Waals surface area contributed by atoms with Crippen LogP contribution in [0, 0.1) is 5.41 Å². The van der Waals surface area contributed by atoms with Crippen molar-refractivity contribution in [2.75, 3.05) is 17.2 Å². The molecule has 0 unspecified atom stereocenters. The number of hydrazone groups is 1. The molecule has 1 fully saturated rings. The number of aromatic nitrogens is 4. The molecule has 1 aliphatic carbocycles. The van der Waals surface area contributed by atoms with Crippen LogP contribution in [0.25, 0.3) is 0 Å². The molecule has 168 valence electrons. The predicted molar refractivity (Wildman–Crippen MR) is 113 cm³/mol. The fraction of sp³-hybridized carbons (Fsp3) is 0.526. The van der Waals surface area contributed by atoms with E-state index >= 15 is 0 Å². The summed E-state index contributed by atoms with van der Waals surface area (Å²) in [4.78, 5) is 7.91. The van der Waals surface area contributed by atoms with Gasteiger partial charge in [-0.25, -0.2) is 9.67 Å². The lowest BCUT2D eigenvalue weighted by Gasteiger charge is -2.28. The first-order valence-electron chi connectivity index (χ1n) is 10.00. The molecule has 2 heterocycles. The van der Waals surface area contributed by atoms with Crippen molar-refractivity contribution in [1.29, 1.82) is 5.41 Å². The lowest BCUT2D eigenvalue weighted by molar-refractivity contribution is -0.137. The fourth-order valence-electron chi connectivity index (χ4n) is 3.06. The second kappa shape index (κ2) is 8.90. The molecule has 4 N–H and O–H groups in total. The van der Waals surface area contributed by atoms with Crippen LogP contribution in [0.15, 0.2) is 17.4 Å². The van der Waals surface area contributed by atoms with E-state index in [-0.39, 0.29) is 17.8 Å². The Labute approximate surface area is 178 Å². The monoisotopic (exact) mass is 437 g/mol. The summed E-state index contributed by atoms with van der Waals surface area (Å²) in [6.07, 6.45) is 1.62. The van der Waals surface area contributed by atoms with Crippen molar-refractivity contribution in [2.45, 2.75) is 57.8 Å². The van der Waals surface area contributed by atoms with E-state index in [1.165, 1.54) is 6.21 Å². The molecule has 2 aromatic heterocycles. The third kappa shape index (κ3) is 5.12. The Bertz CT molecular complexity index is 946. The fourth-order valence-corrected chi connectivity index (χ4v) is 3.06. The zero-order valence-electron chi connectivity index (χ0n) is 17.6. The van der Waals surface area contributed by atoms with Gasteiger partial charge in [0.25, 0.3) is 0 Å². The minimum Gasteiger partial charge on any atom is -0.370 e. The van der Waals surface area contributed by atoms with Crippen molar-refractivity contribution < 1.29 is 13.2 Å². The van der Waals surface area contributed by atoms with Crippen LogP contribution < -0.4 is 16.1 Å². The topological polar surface area (TPSA) is 116 Å². The Morgan fingerprint density at radius 2 is 2.06 bits per heavy atom. The van der Waals surface area contributed by atoms with Crippen molar-refractivity contribution in [3.63, 3.8) is 0 Å². The van der Waals surface area contributed by atoms with Crippen LogP contribution in [0.5, 0.6) is 0 Å². The first kappa shape index (κ1) is 22.5. The van der Waals surface area contributed by atoms with Gasteiger partial charge in [0.15, 0.2) is 0 Å². The van der Waals surface area contributed by atoms with Crippen LogP contribution in [0.4, 0.5) is 30.8 Å². The molecule has 0 saturated heterocycles. The molecule has 9 nitrogen and oxygen atoms in total. The largest absolute Gasteiger partial charge is 0.421 e. The minimum atomic E-state index is -4.55. The molecule has 12 heteroatoms. The molecule has 0 spiro atoms. The number of hydrogen-bond acceptors (Lipinski definition) is 8. The van der Waals surface area contributed by atoms with E-state index in [4.69, 9.17) is 10.5 Å². The average Bonchev–Trinajstić information content (AvgIpc) is 3.04. The lowest BCUT2D eigenvalue weighted by atomic mass is 9.93. The highest BCUT2D eigenvalue weighted by Gasteiger charge is 2.35. The molecule has 0 atom stereocenters. The van der Waals surface area contributed by atoms with Gasteiger partial charge in [-0.1, -0.05) is 0 Å². The van der Waals surface area contributed by atoms with Crippen LogP contribution in [0.1, 0.15) is 57.3 Å². The quantitative estimate of drug-likeness (QED) is 0.347. The van der Waals surface area contributed by atoms with E-state index in [1.807, 2.05) is 18.5 Å². The Kier molecular flexibility index (Phi) is 6.46. The van der Waals surface area contributed by atoms with Gasteiger partial charge in [0.05, 0.1) is 23.5 Å². The summed E-state index contributed by atoms with van der Waals surface area (Å²) in [5.41, 5.74) is 2.08. The molecule has 0 bridgehead atoms. The van der Waals surface area contributed by atoms with Gasteiger partial charge in [0, 0.05) is 25.0 Å². The first-order valence-corrected chi connectivity index (χ1v) is 10.00. The van der Waals surface area contributed by atoms with Crippen LogP contribution in [0.2, 0.25) is 0 Å². The highest BCUT2D eigenvalue weighted by atomic mass is 19.4. The van der Waals surface area contributed by atoms with E-state index < -0.39 is 17.3 Å². The van der Waals surface area contributed by atoms with Crippen molar-refractivity contribution in [3.05, 3.63) is 23.5 Å². The van der Waals surface area contributed by atoms with Crippen molar-refractivity contribution in [1.82, 2.24) is 25.2 Å². The highest BCUT2D eigenvalue weighted by molar-refractivity contribution is 6.14. The molecular weight excluding hydrogens is 411 g/mol. The van der Waals surface area contributed by atoms with Crippen LogP contribution in [-0.2, 0) is 11.7 Å². The lowest BCUT2D eigenvalue weighted by Crippen LogP contribution is -2.33. The summed E-state index contributed by atoms with van der Waals surface area (Å²) in [6.45, 7) is 5.77. The number of nitrogens with one attached hydrogen (secondary N) is 4. The maximum atomic E-state index is 13.2. The molecule has 0 aliphatic heterocycles. The number of hydrogen-bond donors (Lipinski definition) is 4. The maximum absolute atomic E-state index is 13.2. The summed E-state index contributed by atoms with van der Waals surface area (Å²) >= 11 is 0. The number of nitrogens with zero attached hydrogens (tertiary/aromatic N) is 5. The summed E-state index contributed by atoms with van der Waals surface area (Å²) in [5.74, 6) is 0.363. The molecule has 0 aromatic carbocycles. The smallest absolute Gasteiger partial charge is 0.370 e. The molecule has 0 radical (unpaired) electrons. The van der Waals surface area contributed by atoms with Crippen molar-refractivity contribution in [2.24, 2.45) is 5.10 Å². The van der Waals surface area contributed by atoms with Gasteiger partial charge in [-0.05, 0) is 40.0 Å². The summed E-state index contributed by atoms with van der Waals surface area (Å²) in [7, 11) is 0. The van der Waals surface area contributed by atoms with E-state index in [9.17, 15) is 13.2 Å². The van der Waals surface area contributed by atoms with Gasteiger partial charge < -0.3 is 16.0 Å². The van der Waals surface area contributed by atoms with E-state index in [0.29, 0.717) is 18.1 Å². The minimum absolute atomic E-state index is 0.0450. The van der Waals surface area contributed by atoms with E-state index in [0.717, 1.165) is 31.7 Å². The normalized spacial score (nSPS) is 15.0. The van der Waals surface area contributed by atoms with Gasteiger partial charge in [-0.15, -0.1) is 0 Å². The Morgan fingerprint density at radius 3 is 2.65 bits per heavy atom.